The largest absolute Gasteiger partial charge is 0.476 e. The van der Waals surface area contributed by atoms with E-state index in [2.05, 4.69) is 15.6 Å². The second-order valence-electron chi connectivity index (χ2n) is 5.69. The van der Waals surface area contributed by atoms with Crippen molar-refractivity contribution in [2.24, 2.45) is 0 Å². The van der Waals surface area contributed by atoms with Crippen molar-refractivity contribution in [3.05, 3.63) is 41.5 Å². The minimum atomic E-state index is -1.72. The molecule has 0 radical (unpaired) electrons. The lowest BCUT2D eigenvalue weighted by atomic mass is 10.2. The SMILES string of the molecule is CCCN(CC(=O)Nc1ccc(F)c(F)c1F)C(=O)Cn1cc(C(=O)O)nn1. The van der Waals surface area contributed by atoms with Crippen LogP contribution in [-0.4, -0.2) is 55.9 Å². The van der Waals surface area contributed by atoms with Gasteiger partial charge in [-0.1, -0.05) is 12.1 Å². The number of halogens is 3. The fourth-order valence-corrected chi connectivity index (χ4v) is 2.26. The van der Waals surface area contributed by atoms with Crippen LogP contribution in [-0.2, 0) is 16.1 Å². The van der Waals surface area contributed by atoms with Crippen molar-refractivity contribution in [2.45, 2.75) is 19.9 Å². The van der Waals surface area contributed by atoms with E-state index in [4.69, 9.17) is 5.11 Å². The molecule has 1 aromatic heterocycles. The third kappa shape index (κ3) is 5.05. The number of hydrogen-bond acceptors (Lipinski definition) is 5. The van der Waals surface area contributed by atoms with Gasteiger partial charge in [0.1, 0.15) is 6.54 Å². The third-order valence-electron chi connectivity index (χ3n) is 3.54. The quantitative estimate of drug-likeness (QED) is 0.646. The molecular weight excluding hydrogens is 383 g/mol. The summed E-state index contributed by atoms with van der Waals surface area (Å²) in [5.41, 5.74) is -0.906. The number of aromatic nitrogens is 3. The fraction of sp³-hybridized carbons (Fsp3) is 0.312. The maximum Gasteiger partial charge on any atom is 0.358 e. The van der Waals surface area contributed by atoms with E-state index in [0.717, 1.165) is 21.8 Å². The zero-order valence-corrected chi connectivity index (χ0v) is 14.7. The molecule has 0 saturated carbocycles. The zero-order chi connectivity index (χ0) is 20.8. The van der Waals surface area contributed by atoms with Gasteiger partial charge in [0.2, 0.25) is 11.8 Å². The number of carboxylic acid groups (broad SMARTS) is 1. The molecule has 0 atom stereocenters. The predicted molar refractivity (Wildman–Crippen MR) is 88.8 cm³/mol. The van der Waals surface area contributed by atoms with Crippen molar-refractivity contribution in [2.75, 3.05) is 18.4 Å². The number of benzene rings is 1. The van der Waals surface area contributed by atoms with E-state index >= 15 is 0 Å². The fourth-order valence-electron chi connectivity index (χ4n) is 2.26. The van der Waals surface area contributed by atoms with E-state index in [1.54, 1.807) is 6.92 Å². The maximum absolute atomic E-state index is 13.6. The van der Waals surface area contributed by atoms with E-state index in [-0.39, 0.29) is 18.8 Å². The molecule has 0 aliphatic heterocycles. The summed E-state index contributed by atoms with van der Waals surface area (Å²) in [6, 6.07) is 1.52. The molecular formula is C16H16F3N5O4. The number of carbonyl (C=O) groups is 3. The number of nitrogens with one attached hydrogen (secondary N) is 1. The van der Waals surface area contributed by atoms with Gasteiger partial charge in [-0.2, -0.15) is 0 Å². The van der Waals surface area contributed by atoms with Crippen molar-refractivity contribution >= 4 is 23.5 Å². The molecule has 2 amide bonds. The molecule has 1 aromatic carbocycles. The first-order valence-corrected chi connectivity index (χ1v) is 8.07. The smallest absolute Gasteiger partial charge is 0.358 e. The van der Waals surface area contributed by atoms with Gasteiger partial charge in [0.05, 0.1) is 18.4 Å². The topological polar surface area (TPSA) is 117 Å². The molecule has 12 heteroatoms. The molecule has 28 heavy (non-hydrogen) atoms. The Bertz CT molecular complexity index is 902. The van der Waals surface area contributed by atoms with E-state index in [1.807, 2.05) is 0 Å². The van der Waals surface area contributed by atoms with Crippen LogP contribution in [0, 0.1) is 17.5 Å². The summed E-state index contributed by atoms with van der Waals surface area (Å²) >= 11 is 0. The van der Waals surface area contributed by atoms with Crippen molar-refractivity contribution in [1.29, 1.82) is 0 Å². The minimum absolute atomic E-state index is 0.174. The Balaban J connectivity index is 2.04. The standard InChI is InChI=1S/C16H16F3N5O4/c1-2-5-23(13(26)8-24-6-11(16(27)28)21-22-24)7-12(25)20-10-4-3-9(17)14(18)15(10)19/h3-4,6H,2,5,7-8H2,1H3,(H,20,25)(H,27,28). The summed E-state index contributed by atoms with van der Waals surface area (Å²) in [6.45, 7) is 1.08. The summed E-state index contributed by atoms with van der Waals surface area (Å²) in [6.07, 6.45) is 1.55. The normalized spacial score (nSPS) is 10.6. The van der Waals surface area contributed by atoms with Crippen molar-refractivity contribution in [1.82, 2.24) is 19.9 Å². The van der Waals surface area contributed by atoms with E-state index in [0.29, 0.717) is 12.5 Å². The summed E-state index contributed by atoms with van der Waals surface area (Å²) < 4.78 is 40.8. The molecule has 0 aliphatic carbocycles. The van der Waals surface area contributed by atoms with Gasteiger partial charge in [-0.05, 0) is 18.6 Å². The van der Waals surface area contributed by atoms with Crippen LogP contribution >= 0.6 is 0 Å². The Morgan fingerprint density at radius 1 is 1.21 bits per heavy atom. The van der Waals surface area contributed by atoms with Crippen LogP contribution in [0.2, 0.25) is 0 Å². The van der Waals surface area contributed by atoms with Gasteiger partial charge >= 0.3 is 5.97 Å². The van der Waals surface area contributed by atoms with Crippen LogP contribution in [0.3, 0.4) is 0 Å². The van der Waals surface area contributed by atoms with Crippen molar-refractivity contribution in [3.63, 3.8) is 0 Å². The number of amides is 2. The van der Waals surface area contributed by atoms with E-state index < -0.39 is 47.5 Å². The van der Waals surface area contributed by atoms with Crippen LogP contribution in [0.1, 0.15) is 23.8 Å². The highest BCUT2D eigenvalue weighted by Gasteiger charge is 2.20. The highest BCUT2D eigenvalue weighted by molar-refractivity contribution is 5.94. The summed E-state index contributed by atoms with van der Waals surface area (Å²) in [5, 5.41) is 17.8. The number of anilines is 1. The number of carbonyl (C=O) groups excluding carboxylic acids is 2. The first-order valence-electron chi connectivity index (χ1n) is 8.07. The molecule has 0 unspecified atom stereocenters. The first kappa shape index (κ1) is 20.9. The number of rotatable bonds is 8. The Morgan fingerprint density at radius 3 is 2.54 bits per heavy atom. The van der Waals surface area contributed by atoms with Crippen molar-refractivity contribution < 1.29 is 32.7 Å². The molecule has 150 valence electrons. The third-order valence-corrected chi connectivity index (χ3v) is 3.54. The molecule has 0 spiro atoms. The van der Waals surface area contributed by atoms with Gasteiger partial charge in [0.15, 0.2) is 23.1 Å². The average Bonchev–Trinajstić information content (AvgIpc) is 3.10. The van der Waals surface area contributed by atoms with Crippen LogP contribution in [0.25, 0.3) is 0 Å². The summed E-state index contributed by atoms with van der Waals surface area (Å²) in [7, 11) is 0. The Morgan fingerprint density at radius 2 is 1.93 bits per heavy atom. The van der Waals surface area contributed by atoms with Gasteiger partial charge in [0, 0.05) is 6.54 Å². The second kappa shape index (κ2) is 8.97. The van der Waals surface area contributed by atoms with Gasteiger partial charge in [-0.3, -0.25) is 9.59 Å². The predicted octanol–water partition coefficient (Wildman–Crippen LogP) is 1.27. The van der Waals surface area contributed by atoms with E-state index in [1.165, 1.54) is 0 Å². The minimum Gasteiger partial charge on any atom is -0.476 e. The van der Waals surface area contributed by atoms with Crippen LogP contribution < -0.4 is 5.32 Å². The van der Waals surface area contributed by atoms with Gasteiger partial charge in [-0.15, -0.1) is 5.10 Å². The average molecular weight is 399 g/mol. The Hall–Kier alpha value is -3.44. The number of aromatic carboxylic acids is 1. The highest BCUT2D eigenvalue weighted by Crippen LogP contribution is 2.19. The summed E-state index contributed by atoms with van der Waals surface area (Å²) in [5.74, 6) is -7.37. The lowest BCUT2D eigenvalue weighted by Crippen LogP contribution is -2.40. The zero-order valence-electron chi connectivity index (χ0n) is 14.7. The highest BCUT2D eigenvalue weighted by atomic mass is 19.2. The molecule has 2 N–H and O–H groups in total. The number of hydrogen-bond donors (Lipinski definition) is 2. The molecule has 0 aliphatic rings. The lowest BCUT2D eigenvalue weighted by Gasteiger charge is -2.21. The first-order chi connectivity index (χ1) is 13.2. The molecule has 9 nitrogen and oxygen atoms in total. The van der Waals surface area contributed by atoms with Crippen LogP contribution in [0.5, 0.6) is 0 Å². The van der Waals surface area contributed by atoms with Gasteiger partial charge in [0.25, 0.3) is 0 Å². The Labute approximate surface area is 156 Å². The van der Waals surface area contributed by atoms with Gasteiger partial charge in [-0.25, -0.2) is 22.6 Å². The summed E-state index contributed by atoms with van der Waals surface area (Å²) in [4.78, 5) is 36.4. The second-order valence-corrected chi connectivity index (χ2v) is 5.69. The Kier molecular flexibility index (Phi) is 6.69. The monoisotopic (exact) mass is 399 g/mol. The molecule has 0 fully saturated rings. The number of nitrogens with zero attached hydrogens (tertiary/aromatic N) is 4. The molecule has 2 aromatic rings. The number of carboxylic acids is 1. The molecule has 1 heterocycles. The van der Waals surface area contributed by atoms with E-state index in [9.17, 15) is 27.6 Å². The maximum atomic E-state index is 13.6. The molecule has 0 bridgehead atoms. The molecule has 2 rings (SSSR count). The van der Waals surface area contributed by atoms with Crippen LogP contribution in [0.15, 0.2) is 18.3 Å². The van der Waals surface area contributed by atoms with Crippen LogP contribution in [0.4, 0.5) is 18.9 Å². The van der Waals surface area contributed by atoms with Gasteiger partial charge < -0.3 is 15.3 Å². The molecule has 0 saturated heterocycles. The lowest BCUT2D eigenvalue weighted by molar-refractivity contribution is -0.135. The van der Waals surface area contributed by atoms with Crippen molar-refractivity contribution in [3.8, 4) is 0 Å².